The predicted molar refractivity (Wildman–Crippen MR) is 125 cm³/mol. The van der Waals surface area contributed by atoms with Gasteiger partial charge in [-0.2, -0.15) is 0 Å². The van der Waals surface area contributed by atoms with Crippen molar-refractivity contribution in [3.05, 3.63) is 65.5 Å². The van der Waals surface area contributed by atoms with Crippen LogP contribution < -0.4 is 15.4 Å². The van der Waals surface area contributed by atoms with Gasteiger partial charge in [0, 0.05) is 31.5 Å². The number of carbonyl (C=O) groups is 2. The summed E-state index contributed by atoms with van der Waals surface area (Å²) in [4.78, 5) is 26.6. The third-order valence-electron chi connectivity index (χ3n) is 6.15. The summed E-state index contributed by atoms with van der Waals surface area (Å²) in [6, 6.07) is 13.5. The van der Waals surface area contributed by atoms with Crippen molar-refractivity contribution in [2.75, 3.05) is 26.7 Å². The van der Waals surface area contributed by atoms with E-state index in [2.05, 4.69) is 10.6 Å². The summed E-state index contributed by atoms with van der Waals surface area (Å²) in [7, 11) is 1.52. The molecule has 0 aliphatic carbocycles. The highest BCUT2D eigenvalue weighted by Crippen LogP contribution is 2.35. The SMILES string of the molecule is CCCC(=O)NC(=N)N1CCC(CNC(=O)c2ccccc2OC)(c2cccc(F)c2)CC1. The van der Waals surface area contributed by atoms with Crippen LogP contribution in [-0.4, -0.2) is 49.4 Å². The molecule has 0 bridgehead atoms. The second-order valence-corrected chi connectivity index (χ2v) is 8.31. The Morgan fingerprint density at radius 2 is 1.88 bits per heavy atom. The fourth-order valence-corrected chi connectivity index (χ4v) is 4.22. The van der Waals surface area contributed by atoms with Crippen LogP contribution >= 0.6 is 0 Å². The number of rotatable bonds is 7. The number of nitrogens with zero attached hydrogens (tertiary/aromatic N) is 1. The zero-order chi connectivity index (χ0) is 23.8. The Bertz CT molecular complexity index is 1000. The van der Waals surface area contributed by atoms with Gasteiger partial charge < -0.3 is 15.0 Å². The number of nitrogens with one attached hydrogen (secondary N) is 3. The Hall–Kier alpha value is -3.42. The van der Waals surface area contributed by atoms with E-state index in [1.54, 1.807) is 30.3 Å². The van der Waals surface area contributed by atoms with Crippen LogP contribution in [0.5, 0.6) is 5.75 Å². The monoisotopic (exact) mass is 454 g/mol. The summed E-state index contributed by atoms with van der Waals surface area (Å²) in [5.74, 6) is -0.191. The van der Waals surface area contributed by atoms with Crippen molar-refractivity contribution >= 4 is 17.8 Å². The molecule has 176 valence electrons. The average molecular weight is 455 g/mol. The van der Waals surface area contributed by atoms with Crippen molar-refractivity contribution < 1.29 is 18.7 Å². The highest BCUT2D eigenvalue weighted by molar-refractivity contribution is 5.97. The zero-order valence-corrected chi connectivity index (χ0v) is 19.1. The summed E-state index contributed by atoms with van der Waals surface area (Å²) < 4.78 is 19.4. The molecule has 3 rings (SSSR count). The lowest BCUT2D eigenvalue weighted by Crippen LogP contribution is -2.53. The van der Waals surface area contributed by atoms with Crippen molar-refractivity contribution in [3.8, 4) is 5.75 Å². The average Bonchev–Trinajstić information content (AvgIpc) is 2.83. The third kappa shape index (κ3) is 5.88. The topological polar surface area (TPSA) is 94.5 Å². The molecule has 0 radical (unpaired) electrons. The Morgan fingerprint density at radius 1 is 1.15 bits per heavy atom. The van der Waals surface area contributed by atoms with Crippen molar-refractivity contribution in [1.82, 2.24) is 15.5 Å². The largest absolute Gasteiger partial charge is 0.496 e. The molecular formula is C25H31FN4O3. The van der Waals surface area contributed by atoms with Gasteiger partial charge in [0.2, 0.25) is 5.91 Å². The van der Waals surface area contributed by atoms with E-state index in [0.717, 1.165) is 5.56 Å². The molecule has 0 atom stereocenters. The highest BCUT2D eigenvalue weighted by atomic mass is 19.1. The Kier molecular flexibility index (Phi) is 8.03. The first-order chi connectivity index (χ1) is 15.9. The lowest BCUT2D eigenvalue weighted by atomic mass is 9.72. The molecule has 1 heterocycles. The molecule has 7 nitrogen and oxygen atoms in total. The summed E-state index contributed by atoms with van der Waals surface area (Å²) in [5.41, 5.74) is 0.750. The maximum Gasteiger partial charge on any atom is 0.255 e. The van der Waals surface area contributed by atoms with Crippen LogP contribution in [0.1, 0.15) is 48.5 Å². The van der Waals surface area contributed by atoms with Crippen LogP contribution in [0.4, 0.5) is 4.39 Å². The normalized spacial score (nSPS) is 14.9. The van der Waals surface area contributed by atoms with Gasteiger partial charge >= 0.3 is 0 Å². The molecule has 8 heteroatoms. The van der Waals surface area contributed by atoms with Crippen LogP contribution in [-0.2, 0) is 10.2 Å². The van der Waals surface area contributed by atoms with Gasteiger partial charge in [0.1, 0.15) is 11.6 Å². The van der Waals surface area contributed by atoms with Crippen LogP contribution in [0.15, 0.2) is 48.5 Å². The van der Waals surface area contributed by atoms with Gasteiger partial charge in [0.05, 0.1) is 12.7 Å². The maximum absolute atomic E-state index is 14.1. The van der Waals surface area contributed by atoms with Crippen molar-refractivity contribution in [1.29, 1.82) is 5.41 Å². The summed E-state index contributed by atoms with van der Waals surface area (Å²) in [6.45, 7) is 3.24. The molecule has 0 unspecified atom stereocenters. The standard InChI is InChI=1S/C25H31FN4O3/c1-3-7-22(31)29-24(27)30-14-12-25(13-15-30,18-8-6-9-19(26)16-18)17-28-23(32)20-10-4-5-11-21(20)33-2/h4-6,8-11,16H,3,7,12-15,17H2,1-2H3,(H,28,32)(H2,27,29,31). The molecule has 2 aromatic rings. The van der Waals surface area contributed by atoms with E-state index in [4.69, 9.17) is 10.1 Å². The van der Waals surface area contributed by atoms with Gasteiger partial charge in [-0.3, -0.25) is 20.3 Å². The number of piperidine rings is 1. The fraction of sp³-hybridized carbons (Fsp3) is 0.400. The van der Waals surface area contributed by atoms with Gasteiger partial charge in [-0.25, -0.2) is 4.39 Å². The number of amides is 2. The predicted octanol–water partition coefficient (Wildman–Crippen LogP) is 3.45. The number of hydrogen-bond donors (Lipinski definition) is 3. The zero-order valence-electron chi connectivity index (χ0n) is 19.1. The highest BCUT2D eigenvalue weighted by Gasteiger charge is 2.38. The second kappa shape index (κ2) is 10.9. The number of likely N-dealkylation sites (tertiary alicyclic amines) is 1. The van der Waals surface area contributed by atoms with E-state index in [-0.39, 0.29) is 23.6 Å². The molecule has 2 aromatic carbocycles. The Labute approximate surface area is 193 Å². The van der Waals surface area contributed by atoms with Crippen molar-refractivity contribution in [2.45, 2.75) is 38.0 Å². The summed E-state index contributed by atoms with van der Waals surface area (Å²) in [5, 5.41) is 13.9. The molecule has 1 saturated heterocycles. The van der Waals surface area contributed by atoms with Gasteiger partial charge in [-0.1, -0.05) is 31.2 Å². The molecule has 0 aromatic heterocycles. The number of para-hydroxylation sites is 1. The van der Waals surface area contributed by atoms with E-state index in [0.29, 0.717) is 56.6 Å². The Morgan fingerprint density at radius 3 is 2.55 bits per heavy atom. The van der Waals surface area contributed by atoms with Crippen molar-refractivity contribution in [3.63, 3.8) is 0 Å². The number of halogens is 1. The summed E-state index contributed by atoms with van der Waals surface area (Å²) >= 11 is 0. The molecule has 1 aliphatic rings. The molecule has 1 fully saturated rings. The molecule has 2 amide bonds. The van der Waals surface area contributed by atoms with E-state index < -0.39 is 5.41 Å². The molecule has 33 heavy (non-hydrogen) atoms. The van der Waals surface area contributed by atoms with E-state index in [1.807, 2.05) is 17.9 Å². The maximum atomic E-state index is 14.1. The lowest BCUT2D eigenvalue weighted by Gasteiger charge is -2.43. The van der Waals surface area contributed by atoms with Gasteiger partial charge in [-0.15, -0.1) is 0 Å². The van der Waals surface area contributed by atoms with E-state index in [1.165, 1.54) is 19.2 Å². The van der Waals surface area contributed by atoms with Crippen LogP contribution in [0, 0.1) is 11.2 Å². The lowest BCUT2D eigenvalue weighted by molar-refractivity contribution is -0.119. The minimum Gasteiger partial charge on any atom is -0.496 e. The first-order valence-corrected chi connectivity index (χ1v) is 11.2. The van der Waals surface area contributed by atoms with Crippen LogP contribution in [0.3, 0.4) is 0 Å². The fourth-order valence-electron chi connectivity index (χ4n) is 4.22. The molecule has 1 aliphatic heterocycles. The quantitative estimate of drug-likeness (QED) is 0.441. The van der Waals surface area contributed by atoms with Crippen LogP contribution in [0.25, 0.3) is 0 Å². The molecule has 3 N–H and O–H groups in total. The van der Waals surface area contributed by atoms with Gasteiger partial charge in [0.25, 0.3) is 5.91 Å². The summed E-state index contributed by atoms with van der Waals surface area (Å²) in [6.07, 6.45) is 2.27. The van der Waals surface area contributed by atoms with Crippen LogP contribution in [0.2, 0.25) is 0 Å². The number of benzene rings is 2. The number of carbonyl (C=O) groups excluding carboxylic acids is 2. The smallest absolute Gasteiger partial charge is 0.255 e. The molecular weight excluding hydrogens is 423 g/mol. The number of guanidine groups is 1. The first-order valence-electron chi connectivity index (χ1n) is 11.2. The second-order valence-electron chi connectivity index (χ2n) is 8.31. The number of methoxy groups -OCH3 is 1. The van der Waals surface area contributed by atoms with E-state index >= 15 is 0 Å². The van der Waals surface area contributed by atoms with Gasteiger partial charge in [0.15, 0.2) is 5.96 Å². The molecule has 0 spiro atoms. The Balaban J connectivity index is 1.75. The van der Waals surface area contributed by atoms with Crippen molar-refractivity contribution in [2.24, 2.45) is 0 Å². The molecule has 0 saturated carbocycles. The number of ether oxygens (including phenoxy) is 1. The van der Waals surface area contributed by atoms with Gasteiger partial charge in [-0.05, 0) is 49.1 Å². The van der Waals surface area contributed by atoms with E-state index in [9.17, 15) is 14.0 Å². The third-order valence-corrected chi connectivity index (χ3v) is 6.15. The minimum atomic E-state index is -0.496. The minimum absolute atomic E-state index is 0.0827. The number of hydrogen-bond acceptors (Lipinski definition) is 4. The first kappa shape index (κ1) is 24.2.